The van der Waals surface area contributed by atoms with Gasteiger partial charge in [-0.25, -0.2) is 0 Å². The maximum Gasteiger partial charge on any atom is 0.0931 e. The predicted octanol–water partition coefficient (Wildman–Crippen LogP) is 3.07. The molecule has 1 heterocycles. The number of hydrogen-bond donors (Lipinski definition) is 1. The molecule has 0 aliphatic heterocycles. The molecule has 2 unspecified atom stereocenters. The van der Waals surface area contributed by atoms with Crippen molar-refractivity contribution in [3.8, 4) is 0 Å². The molecule has 0 amide bonds. The second-order valence-electron chi connectivity index (χ2n) is 3.54. The highest BCUT2D eigenvalue weighted by Gasteiger charge is 2.12. The lowest BCUT2D eigenvalue weighted by Gasteiger charge is -2.15. The molecule has 0 aliphatic carbocycles. The van der Waals surface area contributed by atoms with Gasteiger partial charge in [-0.3, -0.25) is 0 Å². The van der Waals surface area contributed by atoms with Crippen molar-refractivity contribution in [2.45, 2.75) is 19.4 Å². The van der Waals surface area contributed by atoms with Gasteiger partial charge in [0.15, 0.2) is 0 Å². The molecular weight excluding hydrogens is 218 g/mol. The number of halogens is 1. The molecule has 1 aromatic heterocycles. The van der Waals surface area contributed by atoms with Crippen LogP contribution in [0.4, 0.5) is 0 Å². The Labute approximate surface area is 94.0 Å². The second-order valence-corrected chi connectivity index (χ2v) is 5.29. The molecule has 0 saturated heterocycles. The number of ether oxygens (including phenoxy) is 1. The van der Waals surface area contributed by atoms with E-state index in [0.29, 0.717) is 5.92 Å². The molecule has 1 aromatic rings. The van der Waals surface area contributed by atoms with Crippen LogP contribution in [0.25, 0.3) is 0 Å². The zero-order valence-electron chi connectivity index (χ0n) is 8.50. The van der Waals surface area contributed by atoms with Crippen LogP contribution in [0.5, 0.6) is 0 Å². The highest BCUT2D eigenvalue weighted by atomic mass is 35.5. The first kappa shape index (κ1) is 12.0. The van der Waals surface area contributed by atoms with Gasteiger partial charge >= 0.3 is 0 Å². The van der Waals surface area contributed by atoms with E-state index in [1.54, 1.807) is 18.4 Å². The summed E-state index contributed by atoms with van der Waals surface area (Å²) in [5.74, 6) is 0.482. The summed E-state index contributed by atoms with van der Waals surface area (Å²) in [6.07, 6.45) is 0.935. The summed E-state index contributed by atoms with van der Waals surface area (Å²) < 4.78 is 5.87. The van der Waals surface area contributed by atoms with Crippen LogP contribution in [0.3, 0.4) is 0 Å². The molecule has 0 aromatic carbocycles. The smallest absolute Gasteiger partial charge is 0.0931 e. The molecule has 2 nitrogen and oxygen atoms in total. The Morgan fingerprint density at radius 2 is 2.29 bits per heavy atom. The Bertz CT molecular complexity index is 277. The fourth-order valence-electron chi connectivity index (χ4n) is 1.43. The Morgan fingerprint density at radius 3 is 2.79 bits per heavy atom. The van der Waals surface area contributed by atoms with Crippen molar-refractivity contribution in [3.63, 3.8) is 0 Å². The standard InChI is InChI=1S/C10H16ClNOS/c1-7(6-13-2)5-8(12)9-3-4-10(11)14-9/h3-4,7-8H,5-6,12H2,1-2H3. The van der Waals surface area contributed by atoms with Gasteiger partial charge in [-0.05, 0) is 24.5 Å². The fourth-order valence-corrected chi connectivity index (χ4v) is 2.50. The van der Waals surface area contributed by atoms with Gasteiger partial charge in [0.2, 0.25) is 0 Å². The highest BCUT2D eigenvalue weighted by molar-refractivity contribution is 7.16. The predicted molar refractivity (Wildman–Crippen MR) is 61.9 cm³/mol. The third kappa shape index (κ3) is 3.58. The van der Waals surface area contributed by atoms with Crippen molar-refractivity contribution in [2.75, 3.05) is 13.7 Å². The van der Waals surface area contributed by atoms with Gasteiger partial charge < -0.3 is 10.5 Å². The number of methoxy groups -OCH3 is 1. The molecule has 0 radical (unpaired) electrons. The maximum absolute atomic E-state index is 6.04. The quantitative estimate of drug-likeness (QED) is 0.849. The van der Waals surface area contributed by atoms with E-state index >= 15 is 0 Å². The SMILES string of the molecule is COCC(C)CC(N)c1ccc(Cl)s1. The molecule has 0 fully saturated rings. The van der Waals surface area contributed by atoms with E-state index in [2.05, 4.69) is 6.92 Å². The van der Waals surface area contributed by atoms with E-state index in [1.807, 2.05) is 12.1 Å². The summed E-state index contributed by atoms with van der Waals surface area (Å²) in [6.45, 7) is 2.89. The second kappa shape index (κ2) is 5.71. The van der Waals surface area contributed by atoms with E-state index in [1.165, 1.54) is 0 Å². The van der Waals surface area contributed by atoms with E-state index in [-0.39, 0.29) is 6.04 Å². The first-order chi connectivity index (χ1) is 6.63. The van der Waals surface area contributed by atoms with Crippen LogP contribution in [0.15, 0.2) is 12.1 Å². The van der Waals surface area contributed by atoms with Crippen LogP contribution in [-0.2, 0) is 4.74 Å². The van der Waals surface area contributed by atoms with Gasteiger partial charge in [0, 0.05) is 24.6 Å². The molecule has 1 rings (SSSR count). The van der Waals surface area contributed by atoms with E-state index in [9.17, 15) is 0 Å². The summed E-state index contributed by atoms with van der Waals surface area (Å²) in [5.41, 5.74) is 6.04. The van der Waals surface area contributed by atoms with Gasteiger partial charge in [-0.1, -0.05) is 18.5 Å². The lowest BCUT2D eigenvalue weighted by Crippen LogP contribution is -2.15. The van der Waals surface area contributed by atoms with Gasteiger partial charge in [0.25, 0.3) is 0 Å². The van der Waals surface area contributed by atoms with Crippen molar-refractivity contribution < 1.29 is 4.74 Å². The minimum atomic E-state index is 0.0812. The first-order valence-electron chi connectivity index (χ1n) is 4.63. The van der Waals surface area contributed by atoms with Crippen molar-refractivity contribution in [1.82, 2.24) is 0 Å². The molecule has 2 N–H and O–H groups in total. The van der Waals surface area contributed by atoms with Crippen LogP contribution < -0.4 is 5.73 Å². The number of thiophene rings is 1. The van der Waals surface area contributed by atoms with Crippen LogP contribution in [0, 0.1) is 5.92 Å². The average molecular weight is 234 g/mol. The zero-order valence-corrected chi connectivity index (χ0v) is 10.1. The zero-order chi connectivity index (χ0) is 10.6. The summed E-state index contributed by atoms with van der Waals surface area (Å²) in [4.78, 5) is 1.15. The number of hydrogen-bond acceptors (Lipinski definition) is 3. The van der Waals surface area contributed by atoms with Gasteiger partial charge in [-0.15, -0.1) is 11.3 Å². The summed E-state index contributed by atoms with van der Waals surface area (Å²) in [6, 6.07) is 3.97. The minimum absolute atomic E-state index is 0.0812. The Kier molecular flexibility index (Phi) is 4.89. The van der Waals surface area contributed by atoms with E-state index in [4.69, 9.17) is 22.1 Å². The van der Waals surface area contributed by atoms with Crippen LogP contribution in [0.1, 0.15) is 24.3 Å². The largest absolute Gasteiger partial charge is 0.384 e. The molecule has 0 saturated carbocycles. The van der Waals surface area contributed by atoms with Crippen molar-refractivity contribution in [2.24, 2.45) is 11.7 Å². The van der Waals surface area contributed by atoms with Gasteiger partial charge in [0.05, 0.1) is 4.34 Å². The Balaban J connectivity index is 2.45. The minimum Gasteiger partial charge on any atom is -0.384 e. The van der Waals surface area contributed by atoms with Gasteiger partial charge in [-0.2, -0.15) is 0 Å². The molecule has 0 bridgehead atoms. The van der Waals surface area contributed by atoms with Crippen LogP contribution in [0.2, 0.25) is 4.34 Å². The number of rotatable bonds is 5. The van der Waals surface area contributed by atoms with Crippen molar-refractivity contribution in [3.05, 3.63) is 21.3 Å². The summed E-state index contributed by atoms with van der Waals surface area (Å²) >= 11 is 7.40. The lowest BCUT2D eigenvalue weighted by molar-refractivity contribution is 0.152. The van der Waals surface area contributed by atoms with Crippen molar-refractivity contribution >= 4 is 22.9 Å². The maximum atomic E-state index is 6.04. The molecule has 14 heavy (non-hydrogen) atoms. The fraction of sp³-hybridized carbons (Fsp3) is 0.600. The summed E-state index contributed by atoms with van der Waals surface area (Å²) in [7, 11) is 1.71. The van der Waals surface area contributed by atoms with Crippen LogP contribution in [-0.4, -0.2) is 13.7 Å². The third-order valence-corrected chi connectivity index (χ3v) is 3.43. The molecular formula is C10H16ClNOS. The van der Waals surface area contributed by atoms with E-state index < -0.39 is 0 Å². The summed E-state index contributed by atoms with van der Waals surface area (Å²) in [5, 5.41) is 0. The molecule has 80 valence electrons. The Hall–Kier alpha value is -0.0900. The average Bonchev–Trinajstić information content (AvgIpc) is 2.52. The molecule has 2 atom stereocenters. The highest BCUT2D eigenvalue weighted by Crippen LogP contribution is 2.28. The topological polar surface area (TPSA) is 35.2 Å². The lowest BCUT2D eigenvalue weighted by atomic mass is 10.0. The monoisotopic (exact) mass is 233 g/mol. The normalized spacial score (nSPS) is 15.4. The third-order valence-electron chi connectivity index (χ3n) is 2.07. The van der Waals surface area contributed by atoms with E-state index in [0.717, 1.165) is 22.2 Å². The van der Waals surface area contributed by atoms with Crippen molar-refractivity contribution in [1.29, 1.82) is 0 Å². The first-order valence-corrected chi connectivity index (χ1v) is 5.82. The van der Waals surface area contributed by atoms with Gasteiger partial charge in [0.1, 0.15) is 0 Å². The molecule has 4 heteroatoms. The molecule has 0 spiro atoms. The van der Waals surface area contributed by atoms with Crippen LogP contribution >= 0.6 is 22.9 Å². The molecule has 0 aliphatic rings. The number of nitrogens with two attached hydrogens (primary N) is 1. The Morgan fingerprint density at radius 1 is 1.57 bits per heavy atom.